The standard InChI is InChI=1S/C14H18N2O2/c1-9(17)15-10-4-6-11(7-5-10)16-13(18)12-8-14(12,2)3/h4-7,12H,8H2,1-3H3,(H,15,17)(H,16,18). The third-order valence-electron chi connectivity index (χ3n) is 3.30. The molecule has 1 aliphatic rings. The molecule has 0 heterocycles. The first-order valence-corrected chi connectivity index (χ1v) is 6.07. The van der Waals surface area contributed by atoms with Crippen molar-refractivity contribution in [3.63, 3.8) is 0 Å². The van der Waals surface area contributed by atoms with Gasteiger partial charge in [-0.3, -0.25) is 9.59 Å². The van der Waals surface area contributed by atoms with Gasteiger partial charge in [-0.15, -0.1) is 0 Å². The van der Waals surface area contributed by atoms with Gasteiger partial charge in [-0.2, -0.15) is 0 Å². The molecular formula is C14H18N2O2. The predicted molar refractivity (Wildman–Crippen MR) is 71.3 cm³/mol. The number of hydrogen-bond donors (Lipinski definition) is 2. The molecule has 1 unspecified atom stereocenters. The van der Waals surface area contributed by atoms with E-state index in [1.54, 1.807) is 24.3 Å². The van der Waals surface area contributed by atoms with E-state index in [2.05, 4.69) is 24.5 Å². The number of anilines is 2. The number of carbonyl (C=O) groups excluding carboxylic acids is 2. The number of amides is 2. The largest absolute Gasteiger partial charge is 0.326 e. The second-order valence-corrected chi connectivity index (χ2v) is 5.49. The van der Waals surface area contributed by atoms with Gasteiger partial charge < -0.3 is 10.6 Å². The lowest BCUT2D eigenvalue weighted by Crippen LogP contribution is -2.16. The number of carbonyl (C=O) groups is 2. The van der Waals surface area contributed by atoms with Crippen LogP contribution in [0.1, 0.15) is 27.2 Å². The molecule has 0 bridgehead atoms. The predicted octanol–water partition coefficient (Wildman–Crippen LogP) is 2.63. The highest BCUT2D eigenvalue weighted by atomic mass is 16.2. The first-order chi connectivity index (χ1) is 8.38. The van der Waals surface area contributed by atoms with E-state index in [4.69, 9.17) is 0 Å². The first-order valence-electron chi connectivity index (χ1n) is 6.07. The van der Waals surface area contributed by atoms with Crippen molar-refractivity contribution in [2.24, 2.45) is 11.3 Å². The van der Waals surface area contributed by atoms with Crippen LogP contribution in [0.2, 0.25) is 0 Å². The van der Waals surface area contributed by atoms with Gasteiger partial charge in [-0.1, -0.05) is 13.8 Å². The number of rotatable bonds is 3. The van der Waals surface area contributed by atoms with Gasteiger partial charge in [-0.25, -0.2) is 0 Å². The Labute approximate surface area is 107 Å². The second-order valence-electron chi connectivity index (χ2n) is 5.49. The maximum Gasteiger partial charge on any atom is 0.228 e. The topological polar surface area (TPSA) is 58.2 Å². The van der Waals surface area contributed by atoms with Crippen LogP contribution in [0.25, 0.3) is 0 Å². The highest BCUT2D eigenvalue weighted by Crippen LogP contribution is 2.51. The minimum atomic E-state index is -0.105. The summed E-state index contributed by atoms with van der Waals surface area (Å²) in [5, 5.41) is 5.57. The fraction of sp³-hybridized carbons (Fsp3) is 0.429. The van der Waals surface area contributed by atoms with Crippen molar-refractivity contribution >= 4 is 23.2 Å². The van der Waals surface area contributed by atoms with Crippen LogP contribution in [-0.4, -0.2) is 11.8 Å². The molecule has 0 radical (unpaired) electrons. The van der Waals surface area contributed by atoms with E-state index >= 15 is 0 Å². The van der Waals surface area contributed by atoms with Gasteiger partial charge in [0.25, 0.3) is 0 Å². The first kappa shape index (κ1) is 12.6. The third kappa shape index (κ3) is 2.88. The molecule has 1 atom stereocenters. The highest BCUT2D eigenvalue weighted by molar-refractivity contribution is 5.95. The quantitative estimate of drug-likeness (QED) is 0.861. The Hall–Kier alpha value is -1.84. The van der Waals surface area contributed by atoms with Gasteiger partial charge in [0, 0.05) is 24.2 Å². The molecule has 0 aliphatic heterocycles. The highest BCUT2D eigenvalue weighted by Gasteiger charge is 2.50. The van der Waals surface area contributed by atoms with Crippen LogP contribution in [0.4, 0.5) is 11.4 Å². The lowest BCUT2D eigenvalue weighted by atomic mass is 10.1. The maximum absolute atomic E-state index is 11.9. The smallest absolute Gasteiger partial charge is 0.228 e. The molecule has 4 nitrogen and oxygen atoms in total. The number of benzene rings is 1. The molecule has 18 heavy (non-hydrogen) atoms. The fourth-order valence-electron chi connectivity index (χ4n) is 1.98. The van der Waals surface area contributed by atoms with Gasteiger partial charge in [0.2, 0.25) is 11.8 Å². The van der Waals surface area contributed by atoms with Crippen LogP contribution in [0.15, 0.2) is 24.3 Å². The summed E-state index contributed by atoms with van der Waals surface area (Å²) in [6, 6.07) is 7.13. The van der Waals surface area contributed by atoms with Crippen molar-refractivity contribution in [1.29, 1.82) is 0 Å². The molecule has 0 aromatic heterocycles. The van der Waals surface area contributed by atoms with Crippen molar-refractivity contribution in [2.45, 2.75) is 27.2 Å². The summed E-state index contributed by atoms with van der Waals surface area (Å²) in [6.07, 6.45) is 0.947. The fourth-order valence-corrected chi connectivity index (χ4v) is 1.98. The molecule has 4 heteroatoms. The molecule has 2 rings (SSSR count). The van der Waals surface area contributed by atoms with Gasteiger partial charge >= 0.3 is 0 Å². The summed E-state index contributed by atoms with van der Waals surface area (Å²) in [6.45, 7) is 5.65. The van der Waals surface area contributed by atoms with Crippen LogP contribution in [0, 0.1) is 11.3 Å². The molecular weight excluding hydrogens is 228 g/mol. The molecule has 1 aliphatic carbocycles. The van der Waals surface area contributed by atoms with Crippen LogP contribution >= 0.6 is 0 Å². The van der Waals surface area contributed by atoms with E-state index in [-0.39, 0.29) is 23.1 Å². The van der Waals surface area contributed by atoms with Crippen molar-refractivity contribution in [3.05, 3.63) is 24.3 Å². The van der Waals surface area contributed by atoms with E-state index in [0.29, 0.717) is 0 Å². The van der Waals surface area contributed by atoms with Crippen molar-refractivity contribution in [3.8, 4) is 0 Å². The maximum atomic E-state index is 11.9. The average molecular weight is 246 g/mol. The summed E-state index contributed by atoms with van der Waals surface area (Å²) in [5.41, 5.74) is 1.63. The van der Waals surface area contributed by atoms with E-state index in [9.17, 15) is 9.59 Å². The zero-order valence-corrected chi connectivity index (χ0v) is 10.9. The summed E-state index contributed by atoms with van der Waals surface area (Å²) in [7, 11) is 0. The number of nitrogens with one attached hydrogen (secondary N) is 2. The average Bonchev–Trinajstić information content (AvgIpc) is 2.90. The monoisotopic (exact) mass is 246 g/mol. The zero-order chi connectivity index (χ0) is 13.3. The Morgan fingerprint density at radius 1 is 1.11 bits per heavy atom. The molecule has 1 fully saturated rings. The SMILES string of the molecule is CC(=O)Nc1ccc(NC(=O)C2CC2(C)C)cc1. The van der Waals surface area contributed by atoms with Crippen molar-refractivity contribution in [2.75, 3.05) is 10.6 Å². The van der Waals surface area contributed by atoms with Crippen LogP contribution in [0.3, 0.4) is 0 Å². The third-order valence-corrected chi connectivity index (χ3v) is 3.30. The molecule has 2 amide bonds. The van der Waals surface area contributed by atoms with Crippen molar-refractivity contribution < 1.29 is 9.59 Å². The van der Waals surface area contributed by atoms with Gasteiger partial charge in [0.1, 0.15) is 0 Å². The molecule has 1 aromatic carbocycles. The Balaban J connectivity index is 1.94. The van der Waals surface area contributed by atoms with Gasteiger partial charge in [-0.05, 0) is 36.1 Å². The van der Waals surface area contributed by atoms with E-state index in [0.717, 1.165) is 17.8 Å². The van der Waals surface area contributed by atoms with Crippen LogP contribution in [-0.2, 0) is 9.59 Å². The minimum absolute atomic E-state index is 0.0762. The van der Waals surface area contributed by atoms with Gasteiger partial charge in [0.15, 0.2) is 0 Å². The molecule has 1 saturated carbocycles. The normalized spacial score (nSPS) is 20.1. The number of hydrogen-bond acceptors (Lipinski definition) is 2. The van der Waals surface area contributed by atoms with E-state index < -0.39 is 0 Å². The Bertz CT molecular complexity index is 477. The molecule has 96 valence electrons. The minimum Gasteiger partial charge on any atom is -0.326 e. The van der Waals surface area contributed by atoms with E-state index in [1.807, 2.05) is 0 Å². The molecule has 2 N–H and O–H groups in total. The molecule has 0 spiro atoms. The Kier molecular flexibility index (Phi) is 3.11. The van der Waals surface area contributed by atoms with E-state index in [1.165, 1.54) is 6.92 Å². The lowest BCUT2D eigenvalue weighted by Gasteiger charge is -2.07. The summed E-state index contributed by atoms with van der Waals surface area (Å²) >= 11 is 0. The zero-order valence-electron chi connectivity index (χ0n) is 10.9. The van der Waals surface area contributed by atoms with Crippen LogP contribution < -0.4 is 10.6 Å². The summed E-state index contributed by atoms with van der Waals surface area (Å²) < 4.78 is 0. The van der Waals surface area contributed by atoms with Crippen molar-refractivity contribution in [1.82, 2.24) is 0 Å². The summed E-state index contributed by atoms with van der Waals surface area (Å²) in [4.78, 5) is 22.7. The summed E-state index contributed by atoms with van der Waals surface area (Å²) in [5.74, 6) is 0.0892. The molecule has 1 aromatic rings. The van der Waals surface area contributed by atoms with Gasteiger partial charge in [0.05, 0.1) is 0 Å². The Morgan fingerprint density at radius 3 is 1.94 bits per heavy atom. The molecule has 0 saturated heterocycles. The Morgan fingerprint density at radius 2 is 1.56 bits per heavy atom. The lowest BCUT2D eigenvalue weighted by molar-refractivity contribution is -0.118. The second kappa shape index (κ2) is 4.44. The van der Waals surface area contributed by atoms with Crippen LogP contribution in [0.5, 0.6) is 0 Å².